The number of nitrogens with one attached hydrogen (secondary N) is 1. The molecular formula is C12H10ClN3O2. The van der Waals surface area contributed by atoms with Crippen molar-refractivity contribution in [3.63, 3.8) is 0 Å². The number of nitrogens with zero attached hydrogens (tertiary/aromatic N) is 1. The molecule has 6 heteroatoms. The number of hydrogen-bond donors (Lipinski definition) is 3. The number of pyridine rings is 1. The maximum absolute atomic E-state index is 11.2. The molecule has 0 spiro atoms. The second kappa shape index (κ2) is 4.93. The van der Waals surface area contributed by atoms with Crippen molar-refractivity contribution in [3.8, 4) is 5.75 Å². The maximum atomic E-state index is 11.2. The predicted octanol–water partition coefficient (Wildman–Crippen LogP) is 2.28. The zero-order valence-corrected chi connectivity index (χ0v) is 9.98. The van der Waals surface area contributed by atoms with Gasteiger partial charge in [-0.05, 0) is 18.2 Å². The maximum Gasteiger partial charge on any atom is 0.252 e. The minimum Gasteiger partial charge on any atom is -0.506 e. The first-order valence-electron chi connectivity index (χ1n) is 5.08. The van der Waals surface area contributed by atoms with E-state index >= 15 is 0 Å². The van der Waals surface area contributed by atoms with Crippen molar-refractivity contribution in [2.45, 2.75) is 0 Å². The highest BCUT2D eigenvalue weighted by Gasteiger charge is 2.11. The lowest BCUT2D eigenvalue weighted by molar-refractivity contribution is 0.100. The zero-order chi connectivity index (χ0) is 13.1. The molecule has 0 saturated carbocycles. The summed E-state index contributed by atoms with van der Waals surface area (Å²) in [6, 6.07) is 8.08. The fraction of sp³-hybridized carbons (Fsp3) is 0. The van der Waals surface area contributed by atoms with Gasteiger partial charge in [0.25, 0.3) is 5.91 Å². The molecule has 0 unspecified atom stereocenters. The summed E-state index contributed by atoms with van der Waals surface area (Å²) in [5, 5.41) is 12.8. The van der Waals surface area contributed by atoms with Crippen molar-refractivity contribution in [3.05, 3.63) is 47.2 Å². The van der Waals surface area contributed by atoms with Gasteiger partial charge in [-0.2, -0.15) is 0 Å². The number of halogens is 1. The van der Waals surface area contributed by atoms with Crippen LogP contribution in [0.5, 0.6) is 5.75 Å². The lowest BCUT2D eigenvalue weighted by atomic mass is 10.2. The van der Waals surface area contributed by atoms with Gasteiger partial charge in [-0.15, -0.1) is 0 Å². The number of nitrogens with two attached hydrogens (primary N) is 1. The van der Waals surface area contributed by atoms with Gasteiger partial charge in [0.15, 0.2) is 0 Å². The van der Waals surface area contributed by atoms with E-state index in [2.05, 4.69) is 10.3 Å². The van der Waals surface area contributed by atoms with E-state index in [1.807, 2.05) is 0 Å². The van der Waals surface area contributed by atoms with Crippen LogP contribution < -0.4 is 11.1 Å². The Hall–Kier alpha value is -2.27. The Labute approximate surface area is 108 Å². The fourth-order valence-electron chi connectivity index (χ4n) is 1.45. The van der Waals surface area contributed by atoms with Crippen molar-refractivity contribution >= 4 is 28.9 Å². The van der Waals surface area contributed by atoms with Crippen molar-refractivity contribution in [1.29, 1.82) is 0 Å². The number of amides is 1. The van der Waals surface area contributed by atoms with Crippen molar-refractivity contribution in [2.24, 2.45) is 5.73 Å². The Morgan fingerprint density at radius 2 is 2.06 bits per heavy atom. The Balaban J connectivity index is 2.42. The van der Waals surface area contributed by atoms with Crippen LogP contribution in [0.25, 0.3) is 0 Å². The van der Waals surface area contributed by atoms with Gasteiger partial charge in [0, 0.05) is 6.20 Å². The number of aromatic hydroxyl groups is 1. The van der Waals surface area contributed by atoms with Gasteiger partial charge in [-0.1, -0.05) is 23.7 Å². The van der Waals surface area contributed by atoms with E-state index in [1.54, 1.807) is 18.2 Å². The molecule has 0 aliphatic carbocycles. The first-order chi connectivity index (χ1) is 8.58. The molecule has 0 fully saturated rings. The van der Waals surface area contributed by atoms with Gasteiger partial charge >= 0.3 is 0 Å². The van der Waals surface area contributed by atoms with E-state index in [0.717, 1.165) is 0 Å². The molecule has 1 amide bonds. The van der Waals surface area contributed by atoms with Crippen LogP contribution in [0.2, 0.25) is 5.15 Å². The van der Waals surface area contributed by atoms with Gasteiger partial charge in [-0.25, -0.2) is 4.98 Å². The highest BCUT2D eigenvalue weighted by molar-refractivity contribution is 6.29. The van der Waals surface area contributed by atoms with E-state index in [0.29, 0.717) is 11.4 Å². The number of aromatic nitrogens is 1. The number of phenols is 1. The normalized spacial score (nSPS) is 10.1. The molecule has 0 aliphatic rings. The Kier molecular flexibility index (Phi) is 3.34. The number of carbonyl (C=O) groups excluding carboxylic acids is 1. The third-order valence-electron chi connectivity index (χ3n) is 2.31. The minimum atomic E-state index is -0.628. The van der Waals surface area contributed by atoms with E-state index in [9.17, 15) is 9.90 Å². The summed E-state index contributed by atoms with van der Waals surface area (Å²) in [4.78, 5) is 15.0. The number of phenolic OH excluding ortho intramolecular Hbond substituents is 1. The zero-order valence-electron chi connectivity index (χ0n) is 9.22. The minimum absolute atomic E-state index is 0.0563. The van der Waals surface area contributed by atoms with Gasteiger partial charge in [0.2, 0.25) is 0 Å². The van der Waals surface area contributed by atoms with Gasteiger partial charge < -0.3 is 16.2 Å². The average Bonchev–Trinajstić information content (AvgIpc) is 2.32. The lowest BCUT2D eigenvalue weighted by Crippen LogP contribution is -2.13. The van der Waals surface area contributed by atoms with Crippen molar-refractivity contribution in [2.75, 3.05) is 5.32 Å². The number of anilines is 2. The summed E-state index contributed by atoms with van der Waals surface area (Å²) >= 11 is 5.76. The molecule has 18 heavy (non-hydrogen) atoms. The first kappa shape index (κ1) is 12.2. The SMILES string of the molecule is NC(=O)c1cnc(Cl)cc1Nc1ccccc1O. The monoisotopic (exact) mass is 263 g/mol. The number of carbonyl (C=O) groups is 1. The third kappa shape index (κ3) is 2.52. The van der Waals surface area contributed by atoms with Crippen LogP contribution in [0.3, 0.4) is 0 Å². The van der Waals surface area contributed by atoms with E-state index in [1.165, 1.54) is 18.3 Å². The Morgan fingerprint density at radius 3 is 2.72 bits per heavy atom. The van der Waals surface area contributed by atoms with Crippen LogP contribution in [-0.2, 0) is 0 Å². The Morgan fingerprint density at radius 1 is 1.33 bits per heavy atom. The lowest BCUT2D eigenvalue weighted by Gasteiger charge is -2.11. The second-order valence-corrected chi connectivity index (χ2v) is 3.95. The number of rotatable bonds is 3. The molecular weight excluding hydrogens is 254 g/mol. The highest BCUT2D eigenvalue weighted by Crippen LogP contribution is 2.28. The molecule has 1 aromatic heterocycles. The van der Waals surface area contributed by atoms with E-state index in [-0.39, 0.29) is 16.5 Å². The number of hydrogen-bond acceptors (Lipinski definition) is 4. The molecule has 0 radical (unpaired) electrons. The topological polar surface area (TPSA) is 88.2 Å². The summed E-state index contributed by atoms with van der Waals surface area (Å²) < 4.78 is 0. The molecule has 0 saturated heterocycles. The molecule has 0 aliphatic heterocycles. The van der Waals surface area contributed by atoms with E-state index in [4.69, 9.17) is 17.3 Å². The number of benzene rings is 1. The summed E-state index contributed by atoms with van der Waals surface area (Å²) in [6.07, 6.45) is 1.28. The first-order valence-corrected chi connectivity index (χ1v) is 5.46. The quantitative estimate of drug-likeness (QED) is 0.585. The molecule has 2 aromatic rings. The molecule has 5 nitrogen and oxygen atoms in total. The highest BCUT2D eigenvalue weighted by atomic mass is 35.5. The number of para-hydroxylation sites is 2. The molecule has 4 N–H and O–H groups in total. The summed E-state index contributed by atoms with van der Waals surface area (Å²) in [6.45, 7) is 0. The van der Waals surface area contributed by atoms with Crippen LogP contribution in [0, 0.1) is 0 Å². The standard InChI is InChI=1S/C12H10ClN3O2/c13-11-5-9(7(6-15-11)12(14)18)16-8-3-1-2-4-10(8)17/h1-6,17H,(H2,14,18)(H,15,16). The van der Waals surface area contributed by atoms with Crippen LogP contribution in [0.1, 0.15) is 10.4 Å². The summed E-state index contributed by atoms with van der Waals surface area (Å²) in [5.74, 6) is -0.571. The largest absolute Gasteiger partial charge is 0.506 e. The smallest absolute Gasteiger partial charge is 0.252 e. The van der Waals surface area contributed by atoms with Crippen LogP contribution >= 0.6 is 11.6 Å². The molecule has 0 atom stereocenters. The second-order valence-electron chi connectivity index (χ2n) is 3.56. The van der Waals surface area contributed by atoms with Crippen LogP contribution in [0.4, 0.5) is 11.4 Å². The average molecular weight is 264 g/mol. The van der Waals surface area contributed by atoms with Crippen molar-refractivity contribution in [1.82, 2.24) is 4.98 Å². The molecule has 92 valence electrons. The van der Waals surface area contributed by atoms with Gasteiger partial charge in [-0.3, -0.25) is 4.79 Å². The molecule has 0 bridgehead atoms. The van der Waals surface area contributed by atoms with Crippen molar-refractivity contribution < 1.29 is 9.90 Å². The van der Waals surface area contributed by atoms with Crippen LogP contribution in [0.15, 0.2) is 36.5 Å². The van der Waals surface area contributed by atoms with Gasteiger partial charge in [0.1, 0.15) is 10.9 Å². The molecule has 1 aromatic carbocycles. The summed E-state index contributed by atoms with van der Waals surface area (Å²) in [7, 11) is 0. The Bertz CT molecular complexity index is 602. The fourth-order valence-corrected chi connectivity index (χ4v) is 1.61. The third-order valence-corrected chi connectivity index (χ3v) is 2.52. The van der Waals surface area contributed by atoms with Crippen LogP contribution in [-0.4, -0.2) is 16.0 Å². The van der Waals surface area contributed by atoms with E-state index < -0.39 is 5.91 Å². The molecule has 2 rings (SSSR count). The number of primary amides is 1. The predicted molar refractivity (Wildman–Crippen MR) is 69.2 cm³/mol. The van der Waals surface area contributed by atoms with Gasteiger partial charge in [0.05, 0.1) is 16.9 Å². The molecule has 1 heterocycles. The summed E-state index contributed by atoms with van der Waals surface area (Å²) in [5.41, 5.74) is 6.27.